The summed E-state index contributed by atoms with van der Waals surface area (Å²) < 4.78 is 25.5. The second-order valence-corrected chi connectivity index (χ2v) is 9.45. The van der Waals surface area contributed by atoms with Crippen LogP contribution in [0.5, 0.6) is 0 Å². The molecule has 1 N–H and O–H groups in total. The van der Waals surface area contributed by atoms with Gasteiger partial charge in [-0.2, -0.15) is 5.10 Å². The van der Waals surface area contributed by atoms with E-state index in [1.165, 1.54) is 18.3 Å². The second-order valence-electron chi connectivity index (χ2n) is 9.05. The summed E-state index contributed by atoms with van der Waals surface area (Å²) in [6, 6.07) is 7.49. The fourth-order valence-electron chi connectivity index (χ4n) is 4.42. The van der Waals surface area contributed by atoms with Crippen molar-refractivity contribution in [3.05, 3.63) is 75.9 Å². The standard InChI is InChI=1S/C27H25ClFN5O4/c1-17-12-19(3-2-18-4-6-20(29)7-5-18)13-30-25(17)32-26(35)24-22(28)14-31-34(24)21-8-9-33(15-21)27(36)23-16-37-10-11-38-23/h4-7,12-14,21,23H,8-11,15-16H2,1H3,(H,30,32,35). The van der Waals surface area contributed by atoms with Gasteiger partial charge in [-0.25, -0.2) is 9.37 Å². The Bertz CT molecular complexity index is 1410. The monoisotopic (exact) mass is 537 g/mol. The molecule has 0 saturated carbocycles. The molecule has 11 heteroatoms. The number of aryl methyl sites for hydroxylation is 1. The highest BCUT2D eigenvalue weighted by Gasteiger charge is 2.35. The maximum atomic E-state index is 13.2. The summed E-state index contributed by atoms with van der Waals surface area (Å²) in [6.07, 6.45) is 2.99. The number of anilines is 1. The van der Waals surface area contributed by atoms with Crippen molar-refractivity contribution in [3.8, 4) is 11.8 Å². The van der Waals surface area contributed by atoms with Gasteiger partial charge >= 0.3 is 0 Å². The molecule has 9 nitrogen and oxygen atoms in total. The van der Waals surface area contributed by atoms with Crippen molar-refractivity contribution in [1.82, 2.24) is 19.7 Å². The van der Waals surface area contributed by atoms with E-state index in [2.05, 4.69) is 27.2 Å². The van der Waals surface area contributed by atoms with Crippen LogP contribution in [-0.4, -0.2) is 70.5 Å². The van der Waals surface area contributed by atoms with Gasteiger partial charge in [0, 0.05) is 30.4 Å². The van der Waals surface area contributed by atoms with Crippen LogP contribution in [0.15, 0.2) is 42.7 Å². The zero-order valence-corrected chi connectivity index (χ0v) is 21.4. The lowest BCUT2D eigenvalue weighted by Gasteiger charge is -2.26. The molecule has 5 rings (SSSR count). The Kier molecular flexibility index (Phi) is 7.69. The van der Waals surface area contributed by atoms with E-state index < -0.39 is 12.0 Å². The van der Waals surface area contributed by atoms with Gasteiger partial charge in [0.05, 0.1) is 37.1 Å². The van der Waals surface area contributed by atoms with Crippen LogP contribution in [0.2, 0.25) is 5.02 Å². The van der Waals surface area contributed by atoms with Crippen molar-refractivity contribution in [1.29, 1.82) is 0 Å². The summed E-state index contributed by atoms with van der Waals surface area (Å²) in [6.45, 7) is 3.82. The van der Waals surface area contributed by atoms with Gasteiger partial charge in [-0.15, -0.1) is 0 Å². The van der Waals surface area contributed by atoms with Gasteiger partial charge in [0.15, 0.2) is 6.10 Å². The maximum Gasteiger partial charge on any atom is 0.276 e. The molecule has 2 aromatic heterocycles. The van der Waals surface area contributed by atoms with Gasteiger partial charge < -0.3 is 19.7 Å². The van der Waals surface area contributed by atoms with E-state index in [4.69, 9.17) is 21.1 Å². The fraction of sp³-hybridized carbons (Fsp3) is 0.333. The van der Waals surface area contributed by atoms with Gasteiger partial charge in [0.25, 0.3) is 11.8 Å². The molecule has 38 heavy (non-hydrogen) atoms. The first-order chi connectivity index (χ1) is 18.4. The molecule has 2 amide bonds. The Labute approximate surface area is 223 Å². The van der Waals surface area contributed by atoms with Gasteiger partial charge in [-0.3, -0.25) is 14.3 Å². The highest BCUT2D eigenvalue weighted by molar-refractivity contribution is 6.34. The highest BCUT2D eigenvalue weighted by Crippen LogP contribution is 2.28. The molecule has 2 unspecified atom stereocenters. The van der Waals surface area contributed by atoms with Crippen molar-refractivity contribution < 1.29 is 23.5 Å². The number of carbonyl (C=O) groups is 2. The Morgan fingerprint density at radius 1 is 1.16 bits per heavy atom. The third kappa shape index (κ3) is 5.70. The van der Waals surface area contributed by atoms with Crippen LogP contribution < -0.4 is 5.32 Å². The molecule has 0 bridgehead atoms. The van der Waals surface area contributed by atoms with E-state index >= 15 is 0 Å². The topological polar surface area (TPSA) is 98.6 Å². The van der Waals surface area contributed by atoms with Gasteiger partial charge in [0.2, 0.25) is 0 Å². The number of carbonyl (C=O) groups excluding carboxylic acids is 2. The number of nitrogens with zero attached hydrogens (tertiary/aromatic N) is 4. The molecule has 2 aliphatic heterocycles. The van der Waals surface area contributed by atoms with Crippen LogP contribution in [0.25, 0.3) is 0 Å². The third-order valence-corrected chi connectivity index (χ3v) is 6.66. The summed E-state index contributed by atoms with van der Waals surface area (Å²) in [4.78, 5) is 32.1. The van der Waals surface area contributed by atoms with Crippen LogP contribution in [0.3, 0.4) is 0 Å². The Morgan fingerprint density at radius 3 is 2.68 bits per heavy atom. The molecule has 0 spiro atoms. The number of nitrogens with one attached hydrogen (secondary N) is 1. The van der Waals surface area contributed by atoms with Crippen molar-refractivity contribution in [2.75, 3.05) is 38.2 Å². The molecular formula is C27H25ClFN5O4. The smallest absolute Gasteiger partial charge is 0.276 e. The predicted molar refractivity (Wildman–Crippen MR) is 137 cm³/mol. The molecule has 0 radical (unpaired) electrons. The van der Waals surface area contributed by atoms with Crippen LogP contribution in [0, 0.1) is 24.6 Å². The number of benzene rings is 1. The Balaban J connectivity index is 1.27. The zero-order valence-electron chi connectivity index (χ0n) is 20.6. The van der Waals surface area contributed by atoms with Gasteiger partial charge in [-0.05, 0) is 49.2 Å². The molecule has 0 aliphatic carbocycles. The van der Waals surface area contributed by atoms with Crippen molar-refractivity contribution >= 4 is 29.2 Å². The van der Waals surface area contributed by atoms with Crippen LogP contribution >= 0.6 is 11.6 Å². The quantitative estimate of drug-likeness (QED) is 0.513. The van der Waals surface area contributed by atoms with E-state index in [9.17, 15) is 14.0 Å². The first-order valence-corrected chi connectivity index (χ1v) is 12.5. The lowest BCUT2D eigenvalue weighted by molar-refractivity contribution is -0.157. The predicted octanol–water partition coefficient (Wildman–Crippen LogP) is 3.22. The van der Waals surface area contributed by atoms with Crippen molar-refractivity contribution in [2.24, 2.45) is 0 Å². The Morgan fingerprint density at radius 2 is 1.95 bits per heavy atom. The average Bonchev–Trinajstić information content (AvgIpc) is 3.57. The van der Waals surface area contributed by atoms with E-state index in [0.717, 1.165) is 0 Å². The summed E-state index contributed by atoms with van der Waals surface area (Å²) >= 11 is 6.36. The maximum absolute atomic E-state index is 13.2. The number of pyridine rings is 1. The number of aromatic nitrogens is 3. The van der Waals surface area contributed by atoms with E-state index in [0.29, 0.717) is 55.2 Å². The summed E-state index contributed by atoms with van der Waals surface area (Å²) in [5.41, 5.74) is 2.23. The minimum Gasteiger partial charge on any atom is -0.376 e. The lowest BCUT2D eigenvalue weighted by Crippen LogP contribution is -2.44. The molecule has 196 valence electrons. The Hall–Kier alpha value is -3.78. The summed E-state index contributed by atoms with van der Waals surface area (Å²) in [7, 11) is 0. The number of hydrogen-bond acceptors (Lipinski definition) is 6. The fourth-order valence-corrected chi connectivity index (χ4v) is 4.64. The number of likely N-dealkylation sites (tertiary alicyclic amines) is 1. The summed E-state index contributed by atoms with van der Waals surface area (Å²) in [5, 5.41) is 7.34. The molecule has 3 aromatic rings. The van der Waals surface area contributed by atoms with E-state index in [1.807, 2.05) is 6.92 Å². The number of ether oxygens (including phenoxy) is 2. The minimum atomic E-state index is -0.608. The normalized spacial score (nSPS) is 19.1. The van der Waals surface area contributed by atoms with Gasteiger partial charge in [-0.1, -0.05) is 23.4 Å². The molecule has 2 aliphatic rings. The SMILES string of the molecule is Cc1cc(C#Cc2ccc(F)cc2)cnc1NC(=O)c1c(Cl)cnn1C1CCN(C(=O)C2COCCO2)C1. The first kappa shape index (κ1) is 25.9. The molecule has 2 atom stereocenters. The van der Waals surface area contributed by atoms with Crippen LogP contribution in [-0.2, 0) is 14.3 Å². The molecule has 4 heterocycles. The third-order valence-electron chi connectivity index (χ3n) is 6.38. The van der Waals surface area contributed by atoms with E-state index in [-0.39, 0.29) is 35.1 Å². The number of amides is 2. The van der Waals surface area contributed by atoms with E-state index in [1.54, 1.807) is 34.0 Å². The molecular weight excluding hydrogens is 513 g/mol. The number of hydrogen-bond donors (Lipinski definition) is 1. The number of rotatable bonds is 4. The van der Waals surface area contributed by atoms with Crippen molar-refractivity contribution in [3.63, 3.8) is 0 Å². The molecule has 1 aromatic carbocycles. The second kappa shape index (κ2) is 11.3. The average molecular weight is 538 g/mol. The highest BCUT2D eigenvalue weighted by atomic mass is 35.5. The first-order valence-electron chi connectivity index (χ1n) is 12.2. The largest absolute Gasteiger partial charge is 0.376 e. The lowest BCUT2D eigenvalue weighted by atomic mass is 10.1. The molecule has 2 fully saturated rings. The minimum absolute atomic E-state index is 0.126. The van der Waals surface area contributed by atoms with Crippen LogP contribution in [0.4, 0.5) is 10.2 Å². The van der Waals surface area contributed by atoms with Crippen molar-refractivity contribution in [2.45, 2.75) is 25.5 Å². The number of halogens is 2. The zero-order chi connectivity index (χ0) is 26.6. The van der Waals surface area contributed by atoms with Crippen LogP contribution in [0.1, 0.15) is 39.6 Å². The summed E-state index contributed by atoms with van der Waals surface area (Å²) in [5.74, 6) is 5.41. The molecule has 2 saturated heterocycles. The van der Waals surface area contributed by atoms with Gasteiger partial charge in [0.1, 0.15) is 17.3 Å².